The molecule has 2 aromatic heterocycles. The number of aliphatic hydroxyl groups excluding tert-OH is 1. The van der Waals surface area contributed by atoms with Crippen LogP contribution in [-0.2, 0) is 0 Å². The topological polar surface area (TPSA) is 71.4 Å². The van der Waals surface area contributed by atoms with Crippen molar-refractivity contribution in [1.82, 2.24) is 0 Å². The van der Waals surface area contributed by atoms with E-state index in [0.29, 0.717) is 27.8 Å². The molecule has 0 fully saturated rings. The molecule has 1 atom stereocenters. The van der Waals surface area contributed by atoms with Crippen LogP contribution in [0.4, 0.5) is 0 Å². The van der Waals surface area contributed by atoms with Crippen LogP contribution < -0.4 is 0 Å². The van der Waals surface area contributed by atoms with Gasteiger partial charge in [0.1, 0.15) is 6.10 Å². The number of thiophene rings is 2. The van der Waals surface area contributed by atoms with Gasteiger partial charge in [-0.2, -0.15) is 0 Å². The van der Waals surface area contributed by atoms with Gasteiger partial charge in [-0.1, -0.05) is 48.5 Å². The van der Waals surface area contributed by atoms with Crippen LogP contribution in [0, 0.1) is 0 Å². The molecule has 0 saturated carbocycles. The summed E-state index contributed by atoms with van der Waals surface area (Å²) in [6.45, 7) is 0. The fourth-order valence-electron chi connectivity index (χ4n) is 4.25. The van der Waals surface area contributed by atoms with Crippen LogP contribution in [0.1, 0.15) is 52.5 Å². The lowest BCUT2D eigenvalue weighted by molar-refractivity contribution is 0.0986. The molecule has 0 radical (unpaired) electrons. The van der Waals surface area contributed by atoms with Crippen molar-refractivity contribution in [1.29, 1.82) is 0 Å². The quantitative estimate of drug-likeness (QED) is 0.310. The minimum Gasteiger partial charge on any atom is -0.383 e. The largest absolute Gasteiger partial charge is 0.383 e. The van der Waals surface area contributed by atoms with Gasteiger partial charge in [0.25, 0.3) is 0 Å². The van der Waals surface area contributed by atoms with Crippen molar-refractivity contribution in [3.8, 4) is 0 Å². The van der Waals surface area contributed by atoms with E-state index in [1.165, 1.54) is 22.7 Å². The zero-order valence-corrected chi connectivity index (χ0v) is 18.1. The zero-order chi connectivity index (χ0) is 22.0. The molecular weight excluding hydrogens is 440 g/mol. The van der Waals surface area contributed by atoms with Gasteiger partial charge in [0.05, 0.1) is 5.57 Å². The number of Topliss-reactive ketones (excluding diaryl/α,β-unsaturated/α-hetero) is 3. The first-order valence-corrected chi connectivity index (χ1v) is 11.6. The molecule has 2 heterocycles. The van der Waals surface area contributed by atoms with Gasteiger partial charge in [-0.15, -0.1) is 22.7 Å². The average Bonchev–Trinajstić information content (AvgIpc) is 3.49. The van der Waals surface area contributed by atoms with E-state index in [4.69, 9.17) is 0 Å². The summed E-state index contributed by atoms with van der Waals surface area (Å²) in [4.78, 5) is 39.6. The third-order valence-electron chi connectivity index (χ3n) is 5.79. The number of carbonyl (C=O) groups is 3. The lowest BCUT2D eigenvalue weighted by atomic mass is 10.1. The first kappa shape index (κ1) is 19.3. The molecule has 154 valence electrons. The minimum atomic E-state index is -0.917. The highest BCUT2D eigenvalue weighted by atomic mass is 32.1. The molecule has 32 heavy (non-hydrogen) atoms. The Bertz CT molecular complexity index is 1480. The van der Waals surface area contributed by atoms with Crippen molar-refractivity contribution in [2.45, 2.75) is 6.10 Å². The molecule has 2 aliphatic carbocycles. The zero-order valence-electron chi connectivity index (χ0n) is 16.5. The maximum atomic E-state index is 12.7. The average molecular weight is 455 g/mol. The van der Waals surface area contributed by atoms with E-state index in [-0.39, 0.29) is 22.9 Å². The first-order chi connectivity index (χ1) is 15.5. The van der Waals surface area contributed by atoms with Gasteiger partial charge < -0.3 is 5.11 Å². The smallest absolute Gasteiger partial charge is 0.197 e. The molecule has 0 spiro atoms. The van der Waals surface area contributed by atoms with Crippen LogP contribution in [0.2, 0.25) is 0 Å². The van der Waals surface area contributed by atoms with Crippen LogP contribution in [0.3, 0.4) is 0 Å². The first-order valence-electron chi connectivity index (χ1n) is 9.98. The molecule has 4 nitrogen and oxygen atoms in total. The van der Waals surface area contributed by atoms with Crippen molar-refractivity contribution in [2.24, 2.45) is 0 Å². The summed E-state index contributed by atoms with van der Waals surface area (Å²) in [7, 11) is 0. The Balaban J connectivity index is 1.32. The number of hydrogen-bond acceptors (Lipinski definition) is 6. The maximum Gasteiger partial charge on any atom is 0.197 e. The van der Waals surface area contributed by atoms with E-state index in [9.17, 15) is 19.5 Å². The molecule has 1 N–H and O–H groups in total. The second-order valence-electron chi connectivity index (χ2n) is 7.71. The number of fused-ring (bicyclic) bond motifs is 3. The van der Waals surface area contributed by atoms with Gasteiger partial charge in [-0.3, -0.25) is 14.4 Å². The number of rotatable bonds is 2. The minimum absolute atomic E-state index is 0.145. The molecule has 1 unspecified atom stereocenters. The van der Waals surface area contributed by atoms with E-state index < -0.39 is 6.10 Å². The Morgan fingerprint density at radius 3 is 1.81 bits per heavy atom. The molecule has 0 amide bonds. The molecular formula is C26H14O4S2. The lowest BCUT2D eigenvalue weighted by Crippen LogP contribution is -1.99. The molecule has 0 bridgehead atoms. The van der Waals surface area contributed by atoms with Crippen LogP contribution in [0.25, 0.3) is 21.6 Å². The molecule has 0 aliphatic heterocycles. The SMILES string of the molecule is O=C1C(=Cc2cc3sc(C=C4C(=O)c5ccccc5C4O)cc3s2)C(=O)c2ccccc21. The second-order valence-corrected chi connectivity index (χ2v) is 9.94. The normalized spacial score (nSPS) is 18.7. The van der Waals surface area contributed by atoms with E-state index in [0.717, 1.165) is 19.2 Å². The van der Waals surface area contributed by atoms with Gasteiger partial charge in [-0.25, -0.2) is 0 Å². The highest BCUT2D eigenvalue weighted by molar-refractivity contribution is 7.28. The highest BCUT2D eigenvalue weighted by Gasteiger charge is 2.34. The fourth-order valence-corrected chi connectivity index (χ4v) is 6.56. The van der Waals surface area contributed by atoms with Gasteiger partial charge in [0.2, 0.25) is 0 Å². The summed E-state index contributed by atoms with van der Waals surface area (Å²) in [5, 5.41) is 10.6. The summed E-state index contributed by atoms with van der Waals surface area (Å²) in [6, 6.07) is 17.9. The second kappa shape index (κ2) is 7.03. The van der Waals surface area contributed by atoms with Crippen LogP contribution in [0.5, 0.6) is 0 Å². The van der Waals surface area contributed by atoms with Gasteiger partial charge in [-0.05, 0) is 29.8 Å². The third kappa shape index (κ3) is 2.81. The summed E-state index contributed by atoms with van der Waals surface area (Å²) < 4.78 is 2.00. The van der Waals surface area contributed by atoms with Crippen LogP contribution >= 0.6 is 22.7 Å². The number of carbonyl (C=O) groups excluding carboxylic acids is 3. The molecule has 2 aliphatic rings. The van der Waals surface area contributed by atoms with E-state index in [1.807, 2.05) is 18.2 Å². The Morgan fingerprint density at radius 1 is 0.688 bits per heavy atom. The lowest BCUT2D eigenvalue weighted by Gasteiger charge is -2.03. The molecule has 6 rings (SSSR count). The van der Waals surface area contributed by atoms with Crippen LogP contribution in [0.15, 0.2) is 71.8 Å². The maximum absolute atomic E-state index is 12.7. The van der Waals surface area contributed by atoms with Crippen molar-refractivity contribution in [3.63, 3.8) is 0 Å². The van der Waals surface area contributed by atoms with Crippen LogP contribution in [-0.4, -0.2) is 22.5 Å². The molecule has 6 heteroatoms. The Hall–Kier alpha value is -3.45. The van der Waals surface area contributed by atoms with Crippen molar-refractivity contribution >= 4 is 61.6 Å². The highest BCUT2D eigenvalue weighted by Crippen LogP contribution is 2.40. The third-order valence-corrected chi connectivity index (χ3v) is 7.98. The van der Waals surface area contributed by atoms with Crippen molar-refractivity contribution in [3.05, 3.63) is 104 Å². The van der Waals surface area contributed by atoms with Gasteiger partial charge in [0, 0.05) is 41.4 Å². The number of allylic oxidation sites excluding steroid dienone is 1. The standard InChI is InChI=1S/C26H14O4S2/c27-23-15-5-1-2-6-16(15)24(28)19(23)9-13-11-21-22(31-13)12-14(32-21)10-20-25(29)17-7-3-4-8-18(17)26(20)30/h1-12,23,27H. The predicted octanol–water partition coefficient (Wildman–Crippen LogP) is 5.74. The molecule has 0 saturated heterocycles. The monoisotopic (exact) mass is 454 g/mol. The number of hydrogen-bond donors (Lipinski definition) is 1. The molecule has 4 aromatic rings. The Labute approximate surface area is 190 Å². The summed E-state index contributed by atoms with van der Waals surface area (Å²) in [5.41, 5.74) is 2.67. The Morgan fingerprint density at radius 2 is 1.22 bits per heavy atom. The van der Waals surface area contributed by atoms with Crippen molar-refractivity contribution in [2.75, 3.05) is 0 Å². The molecule has 2 aromatic carbocycles. The number of benzene rings is 2. The van der Waals surface area contributed by atoms with E-state index in [2.05, 4.69) is 0 Å². The number of ketones is 3. The fraction of sp³-hybridized carbons (Fsp3) is 0.0385. The van der Waals surface area contributed by atoms with Crippen molar-refractivity contribution < 1.29 is 19.5 Å². The predicted molar refractivity (Wildman–Crippen MR) is 126 cm³/mol. The van der Waals surface area contributed by atoms with E-state index >= 15 is 0 Å². The summed E-state index contributed by atoms with van der Waals surface area (Å²) >= 11 is 2.99. The summed E-state index contributed by atoms with van der Waals surface area (Å²) in [5.74, 6) is -0.616. The number of aliphatic hydroxyl groups is 1. The Kier molecular flexibility index (Phi) is 4.23. The van der Waals surface area contributed by atoms with Gasteiger partial charge >= 0.3 is 0 Å². The van der Waals surface area contributed by atoms with Gasteiger partial charge in [0.15, 0.2) is 17.3 Å². The summed E-state index contributed by atoms with van der Waals surface area (Å²) in [6.07, 6.45) is 2.50. The van der Waals surface area contributed by atoms with E-state index in [1.54, 1.807) is 54.6 Å².